The van der Waals surface area contributed by atoms with Gasteiger partial charge < -0.3 is 17.1 Å². The minimum absolute atomic E-state index is 0. The van der Waals surface area contributed by atoms with Gasteiger partial charge in [0.15, 0.2) is 0 Å². The SMILES string of the molecule is CC(C#N)COc1cccc(C[P+](c2ccccc2)(c2ccccc2)c2ccccc2)c1.[Cl-]. The Morgan fingerprint density at radius 3 is 1.67 bits per heavy atom. The molecule has 0 saturated carbocycles. The van der Waals surface area contributed by atoms with E-state index in [-0.39, 0.29) is 18.3 Å². The second-order valence-corrected chi connectivity index (χ2v) is 11.4. The van der Waals surface area contributed by atoms with Crippen LogP contribution in [0.5, 0.6) is 5.75 Å². The molecule has 0 aromatic heterocycles. The highest BCUT2D eigenvalue weighted by atomic mass is 35.5. The van der Waals surface area contributed by atoms with Crippen molar-refractivity contribution in [2.24, 2.45) is 5.92 Å². The summed E-state index contributed by atoms with van der Waals surface area (Å²) in [4.78, 5) is 0. The quantitative estimate of drug-likeness (QED) is 0.370. The molecule has 4 rings (SSSR count). The first kappa shape index (κ1) is 24.5. The van der Waals surface area contributed by atoms with Gasteiger partial charge in [-0.2, -0.15) is 5.26 Å². The topological polar surface area (TPSA) is 33.0 Å². The highest BCUT2D eigenvalue weighted by Crippen LogP contribution is 2.58. The van der Waals surface area contributed by atoms with Gasteiger partial charge in [0, 0.05) is 0 Å². The average molecular weight is 472 g/mol. The van der Waals surface area contributed by atoms with Crippen molar-refractivity contribution in [3.63, 3.8) is 0 Å². The van der Waals surface area contributed by atoms with Crippen molar-refractivity contribution in [2.45, 2.75) is 13.1 Å². The second kappa shape index (κ2) is 11.7. The van der Waals surface area contributed by atoms with Crippen LogP contribution in [0.15, 0.2) is 115 Å². The number of rotatable bonds is 8. The van der Waals surface area contributed by atoms with Crippen LogP contribution in [0.1, 0.15) is 12.5 Å². The average Bonchev–Trinajstić information content (AvgIpc) is 2.87. The van der Waals surface area contributed by atoms with E-state index < -0.39 is 7.26 Å². The Labute approximate surface area is 203 Å². The maximum atomic E-state index is 9.07. The zero-order valence-corrected chi connectivity index (χ0v) is 20.3. The Balaban J connectivity index is 0.00000306. The molecule has 0 radical (unpaired) electrons. The van der Waals surface area contributed by atoms with E-state index in [0.29, 0.717) is 6.61 Å². The molecule has 2 nitrogen and oxygen atoms in total. The molecule has 33 heavy (non-hydrogen) atoms. The third-order valence-corrected chi connectivity index (χ3v) is 10.0. The van der Waals surface area contributed by atoms with Crippen molar-refractivity contribution in [2.75, 3.05) is 6.61 Å². The van der Waals surface area contributed by atoms with Crippen LogP contribution in [0.3, 0.4) is 0 Å². The van der Waals surface area contributed by atoms with Gasteiger partial charge in [0.05, 0.1) is 18.1 Å². The molecule has 0 bridgehead atoms. The number of nitrogens with zero attached hydrogens (tertiary/aromatic N) is 1. The maximum absolute atomic E-state index is 9.07. The molecule has 4 aromatic rings. The summed E-state index contributed by atoms with van der Waals surface area (Å²) in [5.41, 5.74) is 1.23. The van der Waals surface area contributed by atoms with E-state index >= 15 is 0 Å². The second-order valence-electron chi connectivity index (χ2n) is 7.96. The van der Waals surface area contributed by atoms with Gasteiger partial charge in [-0.1, -0.05) is 66.7 Å². The number of nitriles is 1. The molecule has 1 atom stereocenters. The predicted octanol–water partition coefficient (Wildman–Crippen LogP) is 2.72. The first-order chi connectivity index (χ1) is 15.7. The Morgan fingerprint density at radius 2 is 1.21 bits per heavy atom. The van der Waals surface area contributed by atoms with Gasteiger partial charge in [-0.15, -0.1) is 0 Å². The number of hydrogen-bond acceptors (Lipinski definition) is 2. The Bertz CT molecular complexity index is 1080. The molecule has 0 aliphatic carbocycles. The zero-order valence-electron chi connectivity index (χ0n) is 18.6. The lowest BCUT2D eigenvalue weighted by atomic mass is 10.2. The first-order valence-corrected chi connectivity index (χ1v) is 12.9. The number of ether oxygens (including phenoxy) is 1. The van der Waals surface area contributed by atoms with Crippen LogP contribution in [-0.4, -0.2) is 6.61 Å². The summed E-state index contributed by atoms with van der Waals surface area (Å²) in [5.74, 6) is 0.681. The van der Waals surface area contributed by atoms with Crippen LogP contribution in [0.4, 0.5) is 0 Å². The van der Waals surface area contributed by atoms with E-state index in [1.165, 1.54) is 21.5 Å². The number of hydrogen-bond donors (Lipinski definition) is 0. The summed E-state index contributed by atoms with van der Waals surface area (Å²) < 4.78 is 5.92. The molecule has 0 aliphatic rings. The third-order valence-electron chi connectivity index (χ3n) is 5.63. The molecule has 0 heterocycles. The van der Waals surface area contributed by atoms with Crippen molar-refractivity contribution < 1.29 is 17.1 Å². The molecular formula is C29H27ClNOP. The van der Waals surface area contributed by atoms with Crippen LogP contribution in [0.25, 0.3) is 0 Å². The lowest BCUT2D eigenvalue weighted by Gasteiger charge is -2.28. The van der Waals surface area contributed by atoms with E-state index in [1.807, 2.05) is 13.0 Å². The van der Waals surface area contributed by atoms with Gasteiger partial charge in [-0.25, -0.2) is 0 Å². The standard InChI is InChI=1S/C29H27NOP.ClH/c1-24(21-30)22-31-26-13-11-12-25(20-26)23-32(27-14-5-2-6-15-27,28-16-7-3-8-17-28)29-18-9-4-10-19-29;/h2-20,24H,22-23H2,1H3;1H/q+1;/p-1. The smallest absolute Gasteiger partial charge is 0.119 e. The van der Waals surface area contributed by atoms with Gasteiger partial charge in [-0.3, -0.25) is 0 Å². The molecule has 0 saturated heterocycles. The first-order valence-electron chi connectivity index (χ1n) is 10.9. The summed E-state index contributed by atoms with van der Waals surface area (Å²) >= 11 is 0. The minimum Gasteiger partial charge on any atom is -1.00 e. The van der Waals surface area contributed by atoms with Gasteiger partial charge >= 0.3 is 0 Å². The van der Waals surface area contributed by atoms with Crippen molar-refractivity contribution >= 4 is 23.2 Å². The van der Waals surface area contributed by atoms with Crippen molar-refractivity contribution in [3.05, 3.63) is 121 Å². The van der Waals surface area contributed by atoms with Crippen LogP contribution in [-0.2, 0) is 6.16 Å². The fourth-order valence-corrected chi connectivity index (χ4v) is 8.26. The lowest BCUT2D eigenvalue weighted by Crippen LogP contribution is -3.00. The Kier molecular flexibility index (Phi) is 8.67. The van der Waals surface area contributed by atoms with Gasteiger partial charge in [0.2, 0.25) is 0 Å². The van der Waals surface area contributed by atoms with Crippen molar-refractivity contribution in [1.29, 1.82) is 5.26 Å². The molecule has 4 aromatic carbocycles. The Morgan fingerprint density at radius 1 is 0.727 bits per heavy atom. The van der Waals surface area contributed by atoms with E-state index in [4.69, 9.17) is 10.00 Å². The summed E-state index contributed by atoms with van der Waals surface area (Å²) in [6.07, 6.45) is 0.899. The van der Waals surface area contributed by atoms with Crippen LogP contribution >= 0.6 is 7.26 Å². The largest absolute Gasteiger partial charge is 1.00 e. The molecule has 4 heteroatoms. The van der Waals surface area contributed by atoms with E-state index in [1.54, 1.807) is 0 Å². The molecule has 0 fully saturated rings. The highest BCUT2D eigenvalue weighted by Gasteiger charge is 2.45. The molecule has 0 N–H and O–H groups in total. The van der Waals surface area contributed by atoms with Crippen molar-refractivity contribution in [1.82, 2.24) is 0 Å². The highest BCUT2D eigenvalue weighted by molar-refractivity contribution is 7.95. The van der Waals surface area contributed by atoms with Gasteiger partial charge in [0.1, 0.15) is 35.5 Å². The van der Waals surface area contributed by atoms with Gasteiger partial charge in [0.25, 0.3) is 0 Å². The minimum atomic E-state index is -1.95. The van der Waals surface area contributed by atoms with Crippen LogP contribution in [0.2, 0.25) is 0 Å². The molecule has 0 amide bonds. The van der Waals surface area contributed by atoms with Crippen molar-refractivity contribution in [3.8, 4) is 11.8 Å². The third kappa shape index (κ3) is 5.63. The fraction of sp³-hybridized carbons (Fsp3) is 0.138. The summed E-state index contributed by atoms with van der Waals surface area (Å²) in [5, 5.41) is 13.2. The molecule has 0 aliphatic heterocycles. The molecular weight excluding hydrogens is 445 g/mol. The maximum Gasteiger partial charge on any atom is 0.119 e. The fourth-order valence-electron chi connectivity index (χ4n) is 4.03. The Hall–Kier alpha value is -3.11. The zero-order chi connectivity index (χ0) is 22.2. The van der Waals surface area contributed by atoms with Crippen LogP contribution < -0.4 is 33.1 Å². The molecule has 166 valence electrons. The summed E-state index contributed by atoms with van der Waals surface area (Å²) in [6, 6.07) is 43.2. The molecule has 1 unspecified atom stereocenters. The predicted molar refractivity (Wildman–Crippen MR) is 136 cm³/mol. The number of halogens is 1. The summed E-state index contributed by atoms with van der Waals surface area (Å²) in [7, 11) is -1.95. The van der Waals surface area contributed by atoms with E-state index in [2.05, 4.69) is 115 Å². The van der Waals surface area contributed by atoms with E-state index in [9.17, 15) is 0 Å². The monoisotopic (exact) mass is 471 g/mol. The van der Waals surface area contributed by atoms with E-state index in [0.717, 1.165) is 11.9 Å². The molecule has 0 spiro atoms. The number of benzene rings is 4. The summed E-state index contributed by atoms with van der Waals surface area (Å²) in [6.45, 7) is 2.27. The van der Waals surface area contributed by atoms with Gasteiger partial charge in [-0.05, 0) is 61.0 Å². The normalized spacial score (nSPS) is 11.6. The van der Waals surface area contributed by atoms with Crippen LogP contribution in [0, 0.1) is 17.2 Å². The lowest BCUT2D eigenvalue weighted by molar-refractivity contribution is -0.00000700.